The smallest absolute Gasteiger partial charge is 0.255 e. The summed E-state index contributed by atoms with van der Waals surface area (Å²) in [6, 6.07) is 5.93. The van der Waals surface area contributed by atoms with E-state index in [2.05, 4.69) is 26.3 Å². The molecule has 3 aliphatic rings. The van der Waals surface area contributed by atoms with Crippen molar-refractivity contribution in [1.82, 2.24) is 25.2 Å². The minimum Gasteiger partial charge on any atom is -0.493 e. The van der Waals surface area contributed by atoms with Gasteiger partial charge in [0.1, 0.15) is 29.9 Å². The lowest BCUT2D eigenvalue weighted by Crippen LogP contribution is -2.42. The van der Waals surface area contributed by atoms with Crippen molar-refractivity contribution in [2.24, 2.45) is 11.3 Å². The Balaban J connectivity index is 1.32. The maximum absolute atomic E-state index is 13.5. The van der Waals surface area contributed by atoms with Crippen LogP contribution in [-0.2, 0) is 4.79 Å². The topological polar surface area (TPSA) is 120 Å². The average molecular weight is 490 g/mol. The van der Waals surface area contributed by atoms with Crippen molar-refractivity contribution >= 4 is 22.8 Å². The Hall–Kier alpha value is -3.46. The van der Waals surface area contributed by atoms with Gasteiger partial charge in [-0.1, -0.05) is 11.6 Å². The molecule has 3 aromatic rings. The highest BCUT2D eigenvalue weighted by molar-refractivity contribution is 6.09. The Morgan fingerprint density at radius 2 is 2.06 bits per heavy atom. The molecule has 9 nitrogen and oxygen atoms in total. The summed E-state index contributed by atoms with van der Waals surface area (Å²) in [7, 11) is 0. The van der Waals surface area contributed by atoms with Crippen LogP contribution in [0.5, 0.6) is 5.75 Å². The van der Waals surface area contributed by atoms with Crippen molar-refractivity contribution < 1.29 is 19.4 Å². The van der Waals surface area contributed by atoms with Gasteiger partial charge in [0.2, 0.25) is 5.91 Å². The molecule has 0 bridgehead atoms. The van der Waals surface area contributed by atoms with Crippen LogP contribution in [0, 0.1) is 25.2 Å². The quantitative estimate of drug-likeness (QED) is 0.469. The summed E-state index contributed by atoms with van der Waals surface area (Å²) >= 11 is 0. The van der Waals surface area contributed by atoms with Crippen LogP contribution >= 0.6 is 0 Å². The predicted molar refractivity (Wildman–Crippen MR) is 134 cm³/mol. The molecule has 3 N–H and O–H groups in total. The van der Waals surface area contributed by atoms with Gasteiger partial charge in [0, 0.05) is 29.8 Å². The predicted octanol–water partition coefficient (Wildman–Crippen LogP) is 2.74. The summed E-state index contributed by atoms with van der Waals surface area (Å²) in [5.41, 5.74) is 5.05. The normalized spacial score (nSPS) is 20.2. The van der Waals surface area contributed by atoms with Crippen molar-refractivity contribution in [2.45, 2.75) is 45.6 Å². The van der Waals surface area contributed by atoms with Crippen molar-refractivity contribution in [3.63, 3.8) is 0 Å². The Bertz CT molecular complexity index is 1360. The lowest BCUT2D eigenvalue weighted by atomic mass is 10.00. The standard InChI is InChI=1S/C27H31N5O4/c1-15-3-6-19(36-12-17-4-5-17)18(9-15)23-25-24(29-14-28-23)22(16(2)30-25)26(35)31-20-10-32(21(34)11-33)13-27(20)7-8-27/h3,6,9,14,17,20,30,33H,4-5,7-8,10-13H2,1-2H3,(H,31,35)/t20-/m1/s1. The van der Waals surface area contributed by atoms with Crippen LogP contribution in [-0.4, -0.2) is 69.1 Å². The number of aromatic nitrogens is 3. The highest BCUT2D eigenvalue weighted by atomic mass is 16.5. The summed E-state index contributed by atoms with van der Waals surface area (Å²) in [6.07, 6.45) is 5.84. The second-order valence-electron chi connectivity index (χ2n) is 10.6. The fraction of sp³-hybridized carbons (Fsp3) is 0.481. The Morgan fingerprint density at radius 1 is 1.25 bits per heavy atom. The number of nitrogens with zero attached hydrogens (tertiary/aromatic N) is 3. The van der Waals surface area contributed by atoms with Gasteiger partial charge in [-0.05, 0) is 57.6 Å². The maximum Gasteiger partial charge on any atom is 0.255 e. The van der Waals surface area contributed by atoms with Crippen LogP contribution in [0.3, 0.4) is 0 Å². The van der Waals surface area contributed by atoms with Gasteiger partial charge in [0.15, 0.2) is 0 Å². The number of hydrogen-bond donors (Lipinski definition) is 3. The molecule has 1 aliphatic heterocycles. The SMILES string of the molecule is Cc1ccc(OCC2CC2)c(-c2ncnc3c(C(=O)N[C@@H]4CN(C(=O)CO)CC45CC5)c(C)[nH]c23)c1. The van der Waals surface area contributed by atoms with E-state index < -0.39 is 6.61 Å². The number of aryl methyl sites for hydroxylation is 2. The number of H-pyrrole nitrogens is 1. The summed E-state index contributed by atoms with van der Waals surface area (Å²) in [5.74, 6) is 0.895. The number of ether oxygens (including phenoxy) is 1. The molecule has 2 aromatic heterocycles. The van der Waals surface area contributed by atoms with E-state index in [0.29, 0.717) is 53.6 Å². The Labute approximate surface area is 209 Å². The van der Waals surface area contributed by atoms with Crippen LogP contribution in [0.4, 0.5) is 0 Å². The molecular formula is C27H31N5O4. The van der Waals surface area contributed by atoms with Crippen molar-refractivity contribution in [2.75, 3.05) is 26.3 Å². The first-order valence-electron chi connectivity index (χ1n) is 12.6. The zero-order valence-corrected chi connectivity index (χ0v) is 20.6. The van der Waals surface area contributed by atoms with Gasteiger partial charge in [-0.2, -0.15) is 0 Å². The largest absolute Gasteiger partial charge is 0.493 e. The van der Waals surface area contributed by atoms with Crippen LogP contribution in [0.15, 0.2) is 24.5 Å². The van der Waals surface area contributed by atoms with E-state index in [9.17, 15) is 14.7 Å². The van der Waals surface area contributed by atoms with Gasteiger partial charge >= 0.3 is 0 Å². The fourth-order valence-electron chi connectivity index (χ4n) is 5.41. The molecule has 6 rings (SSSR count). The second kappa shape index (κ2) is 8.58. The van der Waals surface area contributed by atoms with E-state index in [4.69, 9.17) is 4.74 Å². The third-order valence-corrected chi connectivity index (χ3v) is 7.89. The summed E-state index contributed by atoms with van der Waals surface area (Å²) in [4.78, 5) is 39.7. The molecular weight excluding hydrogens is 458 g/mol. The van der Waals surface area contributed by atoms with E-state index in [1.54, 1.807) is 4.90 Å². The van der Waals surface area contributed by atoms with Crippen LogP contribution in [0.25, 0.3) is 22.3 Å². The van der Waals surface area contributed by atoms with Crippen LogP contribution in [0.2, 0.25) is 0 Å². The number of aliphatic hydroxyl groups excluding tert-OH is 1. The third kappa shape index (κ3) is 4.01. The molecule has 188 valence electrons. The first-order chi connectivity index (χ1) is 17.4. The number of benzene rings is 1. The number of likely N-dealkylation sites (tertiary alicyclic amines) is 1. The fourth-order valence-corrected chi connectivity index (χ4v) is 5.41. The minimum atomic E-state index is -0.511. The third-order valence-electron chi connectivity index (χ3n) is 7.89. The average Bonchev–Trinajstić information content (AvgIpc) is 3.77. The van der Waals surface area contributed by atoms with Crippen LogP contribution in [0.1, 0.15) is 47.3 Å². The molecule has 3 fully saturated rings. The van der Waals surface area contributed by atoms with Gasteiger partial charge in [0.05, 0.1) is 23.7 Å². The number of amides is 2. The number of nitrogens with one attached hydrogen (secondary N) is 2. The van der Waals surface area contributed by atoms with E-state index >= 15 is 0 Å². The maximum atomic E-state index is 13.5. The first-order valence-corrected chi connectivity index (χ1v) is 12.6. The number of rotatable bonds is 7. The molecule has 2 amide bonds. The molecule has 2 saturated carbocycles. The number of carbonyl (C=O) groups is 2. The van der Waals surface area contributed by atoms with E-state index in [0.717, 1.165) is 29.7 Å². The molecule has 1 spiro atoms. The lowest BCUT2D eigenvalue weighted by molar-refractivity contribution is -0.133. The van der Waals surface area contributed by atoms with E-state index in [-0.39, 0.29) is 23.3 Å². The zero-order valence-electron chi connectivity index (χ0n) is 20.6. The van der Waals surface area contributed by atoms with E-state index in [1.807, 2.05) is 26.0 Å². The molecule has 1 saturated heterocycles. The molecule has 2 aliphatic carbocycles. The molecule has 1 atom stereocenters. The Kier molecular flexibility index (Phi) is 5.48. The highest BCUT2D eigenvalue weighted by Gasteiger charge is 2.56. The van der Waals surface area contributed by atoms with Crippen molar-refractivity contribution in [3.05, 3.63) is 41.3 Å². The molecule has 1 aromatic carbocycles. The monoisotopic (exact) mass is 489 g/mol. The van der Waals surface area contributed by atoms with Gasteiger partial charge < -0.3 is 25.0 Å². The van der Waals surface area contributed by atoms with E-state index in [1.165, 1.54) is 19.2 Å². The Morgan fingerprint density at radius 3 is 2.78 bits per heavy atom. The molecule has 36 heavy (non-hydrogen) atoms. The molecule has 3 heterocycles. The van der Waals surface area contributed by atoms with Gasteiger partial charge in [-0.3, -0.25) is 9.59 Å². The lowest BCUT2D eigenvalue weighted by Gasteiger charge is -2.18. The van der Waals surface area contributed by atoms with Gasteiger partial charge in [0.25, 0.3) is 5.91 Å². The van der Waals surface area contributed by atoms with Gasteiger partial charge in [-0.15, -0.1) is 0 Å². The minimum absolute atomic E-state index is 0.0873. The molecule has 0 unspecified atom stereocenters. The van der Waals surface area contributed by atoms with Gasteiger partial charge in [-0.25, -0.2) is 9.97 Å². The second-order valence-corrected chi connectivity index (χ2v) is 10.6. The number of fused-ring (bicyclic) bond motifs is 1. The number of hydrogen-bond acceptors (Lipinski definition) is 6. The number of aliphatic hydroxyl groups is 1. The molecule has 9 heteroatoms. The van der Waals surface area contributed by atoms with Crippen molar-refractivity contribution in [3.8, 4) is 17.0 Å². The van der Waals surface area contributed by atoms with Crippen LogP contribution < -0.4 is 10.1 Å². The first kappa shape index (κ1) is 23.0. The summed E-state index contributed by atoms with van der Waals surface area (Å²) in [5, 5.41) is 12.4. The highest BCUT2D eigenvalue weighted by Crippen LogP contribution is 2.53. The zero-order chi connectivity index (χ0) is 25.0. The number of aromatic amines is 1. The van der Waals surface area contributed by atoms with Crippen molar-refractivity contribution in [1.29, 1.82) is 0 Å². The number of carbonyl (C=O) groups excluding carboxylic acids is 2. The molecule has 0 radical (unpaired) electrons. The summed E-state index contributed by atoms with van der Waals surface area (Å²) in [6.45, 7) is 5.07. The summed E-state index contributed by atoms with van der Waals surface area (Å²) < 4.78 is 6.16.